The summed E-state index contributed by atoms with van der Waals surface area (Å²) in [5, 5.41) is 0. The molecule has 2 rings (SSSR count). The van der Waals surface area contributed by atoms with Crippen LogP contribution in [0.5, 0.6) is 0 Å². The van der Waals surface area contributed by atoms with Crippen LogP contribution >= 0.6 is 0 Å². The maximum atomic E-state index is 12.5. The van der Waals surface area contributed by atoms with Crippen molar-refractivity contribution in [1.82, 2.24) is 4.90 Å². The zero-order valence-electron chi connectivity index (χ0n) is 14.1. The number of carbonyl (C=O) groups is 1. The van der Waals surface area contributed by atoms with Gasteiger partial charge in [-0.05, 0) is 24.1 Å². The Bertz CT molecular complexity index is 708. The van der Waals surface area contributed by atoms with Gasteiger partial charge in [0.05, 0.1) is 0 Å². The van der Waals surface area contributed by atoms with Gasteiger partial charge in [-0.3, -0.25) is 4.79 Å². The number of amides is 1. The number of allylic oxidation sites excluding steroid dienone is 1. The lowest BCUT2D eigenvalue weighted by Gasteiger charge is -2.18. The Labute approximate surface area is 144 Å². The molecule has 0 saturated carbocycles. The molecule has 0 atom stereocenters. The largest absolute Gasteiger partial charge is 0.324 e. The third-order valence-corrected chi connectivity index (χ3v) is 3.54. The molecule has 122 valence electrons. The van der Waals surface area contributed by atoms with Crippen LogP contribution in [0.25, 0.3) is 0 Å². The van der Waals surface area contributed by atoms with Crippen LogP contribution in [0.1, 0.15) is 30.9 Å². The van der Waals surface area contributed by atoms with Crippen LogP contribution in [0.3, 0.4) is 0 Å². The monoisotopic (exact) mass is 317 g/mol. The second-order valence-corrected chi connectivity index (χ2v) is 5.55. The Hall–Kier alpha value is -2.79. The minimum Gasteiger partial charge on any atom is -0.324 e. The van der Waals surface area contributed by atoms with E-state index >= 15 is 0 Å². The first kappa shape index (κ1) is 17.6. The van der Waals surface area contributed by atoms with Crippen molar-refractivity contribution in [2.45, 2.75) is 26.3 Å². The van der Waals surface area contributed by atoms with E-state index in [2.05, 4.69) is 30.9 Å². The van der Waals surface area contributed by atoms with Gasteiger partial charge in [0.25, 0.3) is 5.91 Å². The van der Waals surface area contributed by atoms with E-state index in [9.17, 15) is 4.79 Å². The van der Waals surface area contributed by atoms with Gasteiger partial charge >= 0.3 is 0 Å². The third-order valence-electron chi connectivity index (χ3n) is 3.54. The molecular formula is C22H23NO. The Kier molecular flexibility index (Phi) is 7.37. The van der Waals surface area contributed by atoms with Crippen LogP contribution in [0.2, 0.25) is 0 Å². The van der Waals surface area contributed by atoms with Gasteiger partial charge in [-0.25, -0.2) is 0 Å². The highest BCUT2D eigenvalue weighted by Crippen LogP contribution is 2.05. The molecule has 0 bridgehead atoms. The Morgan fingerprint density at radius 3 is 2.33 bits per heavy atom. The summed E-state index contributed by atoms with van der Waals surface area (Å²) in [7, 11) is 0. The van der Waals surface area contributed by atoms with E-state index in [-0.39, 0.29) is 5.91 Å². The highest BCUT2D eigenvalue weighted by atomic mass is 16.2. The quantitative estimate of drug-likeness (QED) is 0.570. The van der Waals surface area contributed by atoms with Gasteiger partial charge in [0.15, 0.2) is 0 Å². The van der Waals surface area contributed by atoms with E-state index in [4.69, 9.17) is 0 Å². The van der Waals surface area contributed by atoms with Crippen LogP contribution in [0.15, 0.2) is 72.8 Å². The zero-order valence-corrected chi connectivity index (χ0v) is 14.1. The fourth-order valence-electron chi connectivity index (χ4n) is 2.24. The van der Waals surface area contributed by atoms with E-state index in [1.165, 1.54) is 0 Å². The molecule has 1 amide bonds. The van der Waals surface area contributed by atoms with Gasteiger partial charge in [-0.1, -0.05) is 79.9 Å². The summed E-state index contributed by atoms with van der Waals surface area (Å²) in [6.45, 7) is 3.29. The van der Waals surface area contributed by atoms with Crippen LogP contribution < -0.4 is 0 Å². The molecule has 0 aliphatic carbocycles. The van der Waals surface area contributed by atoms with Crippen molar-refractivity contribution in [3.8, 4) is 11.8 Å². The van der Waals surface area contributed by atoms with E-state index in [1.54, 1.807) is 4.90 Å². The summed E-state index contributed by atoms with van der Waals surface area (Å²) in [6, 6.07) is 19.6. The first-order valence-corrected chi connectivity index (χ1v) is 8.34. The number of benzene rings is 2. The van der Waals surface area contributed by atoms with Crippen LogP contribution in [0, 0.1) is 11.8 Å². The number of hydrogen-bond donors (Lipinski definition) is 0. The molecule has 2 aromatic rings. The lowest BCUT2D eigenvalue weighted by molar-refractivity contribution is -0.125. The summed E-state index contributed by atoms with van der Waals surface area (Å²) in [5.74, 6) is 5.56. The number of nitrogens with zero attached hydrogens (tertiary/aromatic N) is 1. The standard InChI is InChI=1S/C22H23NO/c1-2-3-4-11-18-23(19-21-14-9-6-10-15-21)22(24)17-16-20-12-7-5-8-13-20/h4-15H,2-3,18-19H2,1H3/b11-4-. The molecule has 0 heterocycles. The van der Waals surface area contributed by atoms with E-state index in [1.807, 2.05) is 60.7 Å². The van der Waals surface area contributed by atoms with Crippen molar-refractivity contribution >= 4 is 5.91 Å². The minimum absolute atomic E-state index is 0.149. The maximum Gasteiger partial charge on any atom is 0.299 e. The fourth-order valence-corrected chi connectivity index (χ4v) is 2.24. The Balaban J connectivity index is 2.08. The van der Waals surface area contributed by atoms with Crippen molar-refractivity contribution in [3.05, 3.63) is 83.9 Å². The van der Waals surface area contributed by atoms with Gasteiger partial charge in [0.2, 0.25) is 0 Å². The molecule has 2 nitrogen and oxygen atoms in total. The summed E-state index contributed by atoms with van der Waals surface area (Å²) in [4.78, 5) is 14.3. The van der Waals surface area contributed by atoms with Gasteiger partial charge in [-0.2, -0.15) is 0 Å². The number of unbranched alkanes of at least 4 members (excludes halogenated alkanes) is 1. The van der Waals surface area contributed by atoms with Crippen LogP contribution in [-0.2, 0) is 11.3 Å². The first-order chi connectivity index (χ1) is 11.8. The maximum absolute atomic E-state index is 12.5. The lowest BCUT2D eigenvalue weighted by atomic mass is 10.2. The molecule has 2 aromatic carbocycles. The Morgan fingerprint density at radius 1 is 1.00 bits per heavy atom. The highest BCUT2D eigenvalue weighted by molar-refractivity contribution is 5.94. The average molecular weight is 317 g/mol. The van der Waals surface area contributed by atoms with E-state index in [0.717, 1.165) is 24.0 Å². The molecule has 0 fully saturated rings. The molecule has 24 heavy (non-hydrogen) atoms. The topological polar surface area (TPSA) is 20.3 Å². The molecule has 0 saturated heterocycles. The van der Waals surface area contributed by atoms with Crippen LogP contribution in [0.4, 0.5) is 0 Å². The molecule has 0 aliphatic rings. The summed E-state index contributed by atoms with van der Waals surface area (Å²) in [6.07, 6.45) is 6.31. The predicted octanol–water partition coefficient (Wildman–Crippen LogP) is 4.42. The van der Waals surface area contributed by atoms with Gasteiger partial charge in [0.1, 0.15) is 0 Å². The molecule has 0 radical (unpaired) electrons. The zero-order chi connectivity index (χ0) is 17.0. The van der Waals surface area contributed by atoms with E-state index in [0.29, 0.717) is 13.1 Å². The molecule has 0 aromatic heterocycles. The number of carbonyl (C=O) groups excluding carboxylic acids is 1. The molecule has 0 aliphatic heterocycles. The van der Waals surface area contributed by atoms with Crippen molar-refractivity contribution in [2.24, 2.45) is 0 Å². The molecule has 2 heteroatoms. The molecular weight excluding hydrogens is 294 g/mol. The second-order valence-electron chi connectivity index (χ2n) is 5.55. The first-order valence-electron chi connectivity index (χ1n) is 8.34. The molecule has 0 N–H and O–H groups in total. The van der Waals surface area contributed by atoms with Crippen molar-refractivity contribution < 1.29 is 4.79 Å². The van der Waals surface area contributed by atoms with Gasteiger partial charge in [0, 0.05) is 24.6 Å². The SMILES string of the molecule is CCC/C=C\CN(Cc1ccccc1)C(=O)C#Cc1ccccc1. The van der Waals surface area contributed by atoms with Crippen molar-refractivity contribution in [1.29, 1.82) is 0 Å². The van der Waals surface area contributed by atoms with Crippen molar-refractivity contribution in [3.63, 3.8) is 0 Å². The number of hydrogen-bond acceptors (Lipinski definition) is 1. The van der Waals surface area contributed by atoms with Gasteiger partial charge in [-0.15, -0.1) is 0 Å². The average Bonchev–Trinajstić information content (AvgIpc) is 2.64. The van der Waals surface area contributed by atoms with Gasteiger partial charge < -0.3 is 4.90 Å². The highest BCUT2D eigenvalue weighted by Gasteiger charge is 2.10. The third kappa shape index (κ3) is 6.14. The van der Waals surface area contributed by atoms with E-state index < -0.39 is 0 Å². The predicted molar refractivity (Wildman–Crippen MR) is 99.2 cm³/mol. The summed E-state index contributed by atoms with van der Waals surface area (Å²) < 4.78 is 0. The Morgan fingerprint density at radius 2 is 1.67 bits per heavy atom. The summed E-state index contributed by atoms with van der Waals surface area (Å²) >= 11 is 0. The number of rotatable bonds is 6. The molecule has 0 spiro atoms. The lowest BCUT2D eigenvalue weighted by Crippen LogP contribution is -2.29. The van der Waals surface area contributed by atoms with Crippen molar-refractivity contribution in [2.75, 3.05) is 6.54 Å². The normalized spacial score (nSPS) is 10.2. The minimum atomic E-state index is -0.149. The second kappa shape index (κ2) is 10.1. The smallest absolute Gasteiger partial charge is 0.299 e. The molecule has 0 unspecified atom stereocenters. The summed E-state index contributed by atoms with van der Waals surface area (Å²) in [5.41, 5.74) is 1.96. The van der Waals surface area contributed by atoms with Crippen LogP contribution in [-0.4, -0.2) is 17.4 Å². The fraction of sp³-hybridized carbons (Fsp3) is 0.227.